The van der Waals surface area contributed by atoms with E-state index in [2.05, 4.69) is 0 Å². The number of aryl methyl sites for hydroxylation is 3. The lowest BCUT2D eigenvalue weighted by molar-refractivity contribution is -0.275. The minimum atomic E-state index is -5.50. The highest BCUT2D eigenvalue weighted by atomic mass is 32.1. The predicted molar refractivity (Wildman–Crippen MR) is 89.1 cm³/mol. The van der Waals surface area contributed by atoms with Gasteiger partial charge in [0.2, 0.25) is 0 Å². The molecule has 2 heterocycles. The van der Waals surface area contributed by atoms with Gasteiger partial charge in [-0.3, -0.25) is 0 Å². The summed E-state index contributed by atoms with van der Waals surface area (Å²) in [5, 5.41) is 9.43. The molecule has 0 aromatic carbocycles. The van der Waals surface area contributed by atoms with Gasteiger partial charge in [-0.1, -0.05) is 0 Å². The monoisotopic (exact) mass is 414 g/mol. The number of hydrogen-bond donors (Lipinski definition) is 1. The van der Waals surface area contributed by atoms with E-state index in [9.17, 15) is 31.4 Å². The summed E-state index contributed by atoms with van der Waals surface area (Å²) in [6, 6.07) is 2.48. The molecular weight excluding hydrogens is 398 g/mol. The van der Waals surface area contributed by atoms with E-state index in [1.807, 2.05) is 0 Å². The molecule has 1 nitrogen and oxygen atoms in total. The van der Waals surface area contributed by atoms with Gasteiger partial charge in [-0.25, -0.2) is 0 Å². The second kappa shape index (κ2) is 5.97. The molecule has 1 aliphatic carbocycles. The Morgan fingerprint density at radius 1 is 0.846 bits per heavy atom. The van der Waals surface area contributed by atoms with Crippen molar-refractivity contribution in [3.8, 4) is 0 Å². The molecule has 0 amide bonds. The van der Waals surface area contributed by atoms with Crippen LogP contribution < -0.4 is 0 Å². The normalized spacial score (nSPS) is 26.4. The van der Waals surface area contributed by atoms with E-state index in [0.29, 0.717) is 14.6 Å². The molecule has 2 atom stereocenters. The van der Waals surface area contributed by atoms with E-state index < -0.39 is 36.2 Å². The number of aliphatic hydroxyl groups is 1. The summed E-state index contributed by atoms with van der Waals surface area (Å²) in [4.78, 5) is 1.38. The summed E-state index contributed by atoms with van der Waals surface area (Å²) >= 11 is 2.04. The zero-order valence-electron chi connectivity index (χ0n) is 14.0. The van der Waals surface area contributed by atoms with Crippen LogP contribution in [0.2, 0.25) is 0 Å². The number of hydrogen-bond acceptors (Lipinski definition) is 3. The zero-order valence-corrected chi connectivity index (χ0v) is 15.7. The van der Waals surface area contributed by atoms with Gasteiger partial charge in [0, 0.05) is 19.5 Å². The lowest BCUT2D eigenvalue weighted by Gasteiger charge is -2.25. The van der Waals surface area contributed by atoms with E-state index in [0.717, 1.165) is 22.7 Å². The quantitative estimate of drug-likeness (QED) is 0.610. The minimum Gasteiger partial charge on any atom is -0.391 e. The van der Waals surface area contributed by atoms with E-state index in [-0.39, 0.29) is 16.0 Å². The average molecular weight is 414 g/mol. The van der Waals surface area contributed by atoms with Gasteiger partial charge in [0.25, 0.3) is 0 Å². The first kappa shape index (κ1) is 19.7. The van der Waals surface area contributed by atoms with E-state index in [4.69, 9.17) is 0 Å². The van der Waals surface area contributed by atoms with Crippen molar-refractivity contribution in [3.05, 3.63) is 42.8 Å². The van der Waals surface area contributed by atoms with Crippen molar-refractivity contribution in [3.63, 3.8) is 0 Å². The Kier molecular flexibility index (Phi) is 4.52. The Labute approximate surface area is 154 Å². The molecule has 144 valence electrons. The number of halogens is 6. The molecule has 0 bridgehead atoms. The van der Waals surface area contributed by atoms with Crippen molar-refractivity contribution in [2.75, 3.05) is 0 Å². The molecular formula is C17H16F6OS2. The fraction of sp³-hybridized carbons (Fsp3) is 0.529. The van der Waals surface area contributed by atoms with Crippen molar-refractivity contribution < 1.29 is 31.4 Å². The van der Waals surface area contributed by atoms with Crippen LogP contribution in [0.5, 0.6) is 0 Å². The molecule has 0 aliphatic heterocycles. The predicted octanol–water partition coefficient (Wildman–Crippen LogP) is 6.01. The summed E-state index contributed by atoms with van der Waals surface area (Å²) in [5.41, 5.74) is -0.516. The highest BCUT2D eigenvalue weighted by Crippen LogP contribution is 2.69. The number of rotatable bonds is 3. The molecule has 0 saturated heterocycles. The maximum absolute atomic E-state index is 14.7. The van der Waals surface area contributed by atoms with Gasteiger partial charge in [-0.05, 0) is 44.0 Å². The maximum atomic E-state index is 14.7. The van der Waals surface area contributed by atoms with Crippen LogP contribution in [-0.2, 0) is 6.61 Å². The molecule has 2 unspecified atom stereocenters. The third-order valence-corrected chi connectivity index (χ3v) is 6.84. The topological polar surface area (TPSA) is 20.2 Å². The highest BCUT2D eigenvalue weighted by molar-refractivity contribution is 7.12. The lowest BCUT2D eigenvalue weighted by Crippen LogP contribution is -2.48. The fourth-order valence-electron chi connectivity index (χ4n) is 3.71. The van der Waals surface area contributed by atoms with Crippen LogP contribution in [-0.4, -0.2) is 22.9 Å². The number of alkyl halides is 6. The van der Waals surface area contributed by atoms with Gasteiger partial charge < -0.3 is 5.11 Å². The van der Waals surface area contributed by atoms with Gasteiger partial charge in [0.1, 0.15) is 0 Å². The van der Waals surface area contributed by atoms with Crippen molar-refractivity contribution in [2.24, 2.45) is 0 Å². The molecule has 1 aliphatic rings. The van der Waals surface area contributed by atoms with Crippen molar-refractivity contribution in [1.29, 1.82) is 0 Å². The Bertz CT molecular complexity index is 838. The molecule has 0 radical (unpaired) electrons. The molecule has 3 rings (SSSR count). The number of thiophene rings is 2. The molecule has 9 heteroatoms. The first-order valence-electron chi connectivity index (χ1n) is 7.76. The highest BCUT2D eigenvalue weighted by Gasteiger charge is 2.85. The second-order valence-electron chi connectivity index (χ2n) is 6.54. The van der Waals surface area contributed by atoms with Crippen LogP contribution in [0.25, 0.3) is 0 Å². The van der Waals surface area contributed by atoms with Crippen LogP contribution in [0.1, 0.15) is 42.5 Å². The molecule has 1 N–H and O–H groups in total. The van der Waals surface area contributed by atoms with Crippen molar-refractivity contribution in [2.45, 2.75) is 57.0 Å². The van der Waals surface area contributed by atoms with E-state index in [1.165, 1.54) is 19.1 Å². The summed E-state index contributed by atoms with van der Waals surface area (Å²) in [6.45, 7) is 3.94. The Balaban J connectivity index is 2.31. The zero-order chi connectivity index (χ0) is 19.7. The first-order chi connectivity index (χ1) is 11.9. The smallest absolute Gasteiger partial charge is 0.373 e. The molecule has 2 aromatic heterocycles. The second-order valence-corrected chi connectivity index (χ2v) is 9.34. The van der Waals surface area contributed by atoms with Gasteiger partial charge >= 0.3 is 17.8 Å². The Hall–Kier alpha value is -1.06. The maximum Gasteiger partial charge on any atom is 0.373 e. The fourth-order valence-corrected chi connectivity index (χ4v) is 5.62. The number of aliphatic hydroxyl groups excluding tert-OH is 1. The van der Waals surface area contributed by atoms with Crippen LogP contribution in [0.4, 0.5) is 26.3 Å². The van der Waals surface area contributed by atoms with Crippen LogP contribution in [0.15, 0.2) is 12.1 Å². The Morgan fingerprint density at radius 2 is 1.31 bits per heavy atom. The van der Waals surface area contributed by atoms with Crippen LogP contribution in [0.3, 0.4) is 0 Å². The lowest BCUT2D eigenvalue weighted by atomic mass is 9.81. The largest absolute Gasteiger partial charge is 0.391 e. The Morgan fingerprint density at radius 3 is 1.77 bits per heavy atom. The molecule has 2 aromatic rings. The summed E-state index contributed by atoms with van der Waals surface area (Å²) < 4.78 is 87.0. The van der Waals surface area contributed by atoms with E-state index >= 15 is 0 Å². The van der Waals surface area contributed by atoms with Gasteiger partial charge in [0.05, 0.1) is 18.4 Å². The van der Waals surface area contributed by atoms with Crippen LogP contribution in [0, 0.1) is 20.8 Å². The SMILES string of the molecule is Cc1cc(C2C(c3cc(C)sc3CO)C(F)(F)C(F)(F)C2(F)F)c(C)s1. The first-order valence-corrected chi connectivity index (χ1v) is 9.40. The van der Waals surface area contributed by atoms with Crippen LogP contribution >= 0.6 is 22.7 Å². The molecule has 1 saturated carbocycles. The summed E-state index contributed by atoms with van der Waals surface area (Å²) in [7, 11) is 0. The van der Waals surface area contributed by atoms with Gasteiger partial charge in [0.15, 0.2) is 0 Å². The molecule has 26 heavy (non-hydrogen) atoms. The average Bonchev–Trinajstić information content (AvgIpc) is 3.07. The standard InChI is InChI=1S/C17H16F6OS2/c1-7-4-10(9(3)25-7)13-14(11-5-8(2)26-12(11)6-24)16(20,21)17(22,23)15(13,18)19/h4-5,13-14,24H,6H2,1-3H3. The summed E-state index contributed by atoms with van der Waals surface area (Å²) in [5.74, 6) is -20.2. The van der Waals surface area contributed by atoms with Crippen molar-refractivity contribution >= 4 is 22.7 Å². The third-order valence-electron chi connectivity index (χ3n) is 4.81. The third kappa shape index (κ3) is 2.46. The minimum absolute atomic E-state index is 0.00952. The van der Waals surface area contributed by atoms with Gasteiger partial charge in [-0.2, -0.15) is 26.3 Å². The molecule has 1 fully saturated rings. The molecule has 0 spiro atoms. The van der Waals surface area contributed by atoms with Crippen molar-refractivity contribution in [1.82, 2.24) is 0 Å². The van der Waals surface area contributed by atoms with E-state index in [1.54, 1.807) is 13.8 Å². The van der Waals surface area contributed by atoms with Gasteiger partial charge in [-0.15, -0.1) is 22.7 Å². The summed E-state index contributed by atoms with van der Waals surface area (Å²) in [6.07, 6.45) is 0.